The van der Waals surface area contributed by atoms with Crippen LogP contribution in [0.2, 0.25) is 0 Å². The summed E-state index contributed by atoms with van der Waals surface area (Å²) in [5.41, 5.74) is 5.77. The number of carboxylic acid groups (broad SMARTS) is 1. The number of H-pyrrole nitrogens is 1. The van der Waals surface area contributed by atoms with Gasteiger partial charge in [-0.15, -0.1) is 0 Å². The molecule has 0 spiro atoms. The summed E-state index contributed by atoms with van der Waals surface area (Å²) in [6.07, 6.45) is 1.64. The lowest BCUT2D eigenvalue weighted by atomic mass is 10.2. The molecule has 1 rings (SSSR count). The number of carbonyl (C=O) groups is 1. The van der Waals surface area contributed by atoms with E-state index < -0.39 is 12.0 Å². The van der Waals surface area contributed by atoms with E-state index in [4.69, 9.17) is 10.8 Å². The van der Waals surface area contributed by atoms with Gasteiger partial charge in [0.1, 0.15) is 6.04 Å². The fraction of sp³-hybridized carbons (Fsp3) is 0.167. The fourth-order valence-electron chi connectivity index (χ4n) is 0.671. The van der Waals surface area contributed by atoms with Crippen LogP contribution >= 0.6 is 0 Å². The maximum absolute atomic E-state index is 10.3. The van der Waals surface area contributed by atoms with Gasteiger partial charge in [0, 0.05) is 11.9 Å². The monoisotopic (exact) mass is 140 g/mol. The average Bonchev–Trinajstić information content (AvgIpc) is 2.36. The summed E-state index contributed by atoms with van der Waals surface area (Å²) in [7, 11) is 0. The third-order valence-corrected chi connectivity index (χ3v) is 1.22. The molecule has 0 unspecified atom stereocenters. The van der Waals surface area contributed by atoms with E-state index in [2.05, 4.69) is 4.98 Å². The number of carboxylic acids is 1. The van der Waals surface area contributed by atoms with E-state index in [9.17, 15) is 4.79 Å². The Morgan fingerprint density at radius 3 is 2.90 bits per heavy atom. The molecule has 1 atom stereocenters. The van der Waals surface area contributed by atoms with Crippen LogP contribution in [0.5, 0.6) is 0 Å². The molecular weight excluding hydrogens is 132 g/mol. The van der Waals surface area contributed by atoms with Gasteiger partial charge in [-0.25, -0.2) is 0 Å². The lowest BCUT2D eigenvalue weighted by molar-refractivity contribution is -0.138. The van der Waals surface area contributed by atoms with E-state index in [1.807, 2.05) is 0 Å². The number of hydrogen-bond donors (Lipinski definition) is 3. The molecule has 54 valence electrons. The molecule has 0 radical (unpaired) electrons. The Morgan fingerprint density at radius 1 is 1.80 bits per heavy atom. The van der Waals surface area contributed by atoms with Crippen LogP contribution in [0.15, 0.2) is 18.3 Å². The molecule has 0 saturated heterocycles. The van der Waals surface area contributed by atoms with E-state index in [0.717, 1.165) is 0 Å². The van der Waals surface area contributed by atoms with Gasteiger partial charge in [0.2, 0.25) is 0 Å². The van der Waals surface area contributed by atoms with Crippen LogP contribution in [0.3, 0.4) is 0 Å². The summed E-state index contributed by atoms with van der Waals surface area (Å²) in [5, 5.41) is 8.41. The largest absolute Gasteiger partial charge is 0.480 e. The van der Waals surface area contributed by atoms with E-state index >= 15 is 0 Å². The standard InChI is InChI=1S/C6H8N2O2/c7-5(6(9)10)4-2-1-3-8-4/h1-3,5,8H,7H2,(H,9,10)/t5-/m1/s1. The first-order valence-electron chi connectivity index (χ1n) is 2.83. The molecule has 0 amide bonds. The van der Waals surface area contributed by atoms with Crippen molar-refractivity contribution in [3.8, 4) is 0 Å². The lowest BCUT2D eigenvalue weighted by Gasteiger charge is -2.01. The van der Waals surface area contributed by atoms with Gasteiger partial charge in [-0.3, -0.25) is 4.79 Å². The van der Waals surface area contributed by atoms with Crippen LogP contribution in [-0.4, -0.2) is 16.1 Å². The molecule has 0 aromatic carbocycles. The lowest BCUT2D eigenvalue weighted by Crippen LogP contribution is -2.20. The van der Waals surface area contributed by atoms with E-state index in [1.54, 1.807) is 18.3 Å². The maximum Gasteiger partial charge on any atom is 0.326 e. The molecule has 4 N–H and O–H groups in total. The van der Waals surface area contributed by atoms with Crippen molar-refractivity contribution in [1.82, 2.24) is 4.98 Å². The molecule has 0 aliphatic carbocycles. The smallest absolute Gasteiger partial charge is 0.326 e. The predicted octanol–water partition coefficient (Wildman–Crippen LogP) is 0.0991. The van der Waals surface area contributed by atoms with Gasteiger partial charge >= 0.3 is 5.97 Å². The van der Waals surface area contributed by atoms with E-state index in [1.165, 1.54) is 0 Å². The van der Waals surface area contributed by atoms with Gasteiger partial charge in [-0.05, 0) is 12.1 Å². The minimum Gasteiger partial charge on any atom is -0.480 e. The highest BCUT2D eigenvalue weighted by Crippen LogP contribution is 2.05. The average molecular weight is 140 g/mol. The second kappa shape index (κ2) is 2.53. The van der Waals surface area contributed by atoms with Crippen LogP contribution in [0, 0.1) is 0 Å². The van der Waals surface area contributed by atoms with Crippen molar-refractivity contribution in [1.29, 1.82) is 0 Å². The first kappa shape index (κ1) is 6.82. The summed E-state index contributed by atoms with van der Waals surface area (Å²) in [6, 6.07) is 2.41. The van der Waals surface area contributed by atoms with Crippen molar-refractivity contribution in [2.24, 2.45) is 5.73 Å². The van der Waals surface area contributed by atoms with Crippen LogP contribution < -0.4 is 5.73 Å². The number of aromatic nitrogens is 1. The second-order valence-corrected chi connectivity index (χ2v) is 1.94. The van der Waals surface area contributed by atoms with E-state index in [0.29, 0.717) is 5.69 Å². The van der Waals surface area contributed by atoms with Gasteiger partial charge < -0.3 is 15.8 Å². The molecule has 1 heterocycles. The van der Waals surface area contributed by atoms with Crippen molar-refractivity contribution in [3.05, 3.63) is 24.0 Å². The number of nitrogens with two attached hydrogens (primary N) is 1. The normalized spacial score (nSPS) is 12.9. The Hall–Kier alpha value is -1.29. The minimum absolute atomic E-state index is 0.521. The highest BCUT2D eigenvalue weighted by atomic mass is 16.4. The molecule has 1 aromatic heterocycles. The highest BCUT2D eigenvalue weighted by Gasteiger charge is 2.13. The van der Waals surface area contributed by atoms with Crippen LogP contribution in [0.4, 0.5) is 0 Å². The van der Waals surface area contributed by atoms with Crippen molar-refractivity contribution in [2.75, 3.05) is 0 Å². The van der Waals surface area contributed by atoms with Crippen LogP contribution in [0.25, 0.3) is 0 Å². The summed E-state index contributed by atoms with van der Waals surface area (Å²) < 4.78 is 0. The topological polar surface area (TPSA) is 79.1 Å². The molecule has 0 aliphatic rings. The Morgan fingerprint density at radius 2 is 2.50 bits per heavy atom. The summed E-state index contributed by atoms with van der Waals surface area (Å²) >= 11 is 0. The molecule has 0 bridgehead atoms. The Balaban J connectivity index is 2.77. The van der Waals surface area contributed by atoms with Crippen molar-refractivity contribution in [2.45, 2.75) is 6.04 Å². The van der Waals surface area contributed by atoms with Gasteiger partial charge in [-0.1, -0.05) is 0 Å². The molecular formula is C6H8N2O2. The summed E-state index contributed by atoms with van der Waals surface area (Å²) in [6.45, 7) is 0. The second-order valence-electron chi connectivity index (χ2n) is 1.94. The summed E-state index contributed by atoms with van der Waals surface area (Å²) in [5.74, 6) is -1.03. The van der Waals surface area contributed by atoms with Gasteiger partial charge in [-0.2, -0.15) is 0 Å². The minimum atomic E-state index is -1.03. The number of hydrogen-bond acceptors (Lipinski definition) is 2. The first-order valence-corrected chi connectivity index (χ1v) is 2.83. The SMILES string of the molecule is N[C@@H](C(=O)O)c1ccc[nH]1. The predicted molar refractivity (Wildman–Crippen MR) is 35.4 cm³/mol. The van der Waals surface area contributed by atoms with Crippen molar-refractivity contribution < 1.29 is 9.90 Å². The van der Waals surface area contributed by atoms with Crippen molar-refractivity contribution >= 4 is 5.97 Å². The number of aliphatic carboxylic acids is 1. The molecule has 0 fully saturated rings. The van der Waals surface area contributed by atoms with Crippen LogP contribution in [0.1, 0.15) is 11.7 Å². The first-order chi connectivity index (χ1) is 4.72. The van der Waals surface area contributed by atoms with Gasteiger partial charge in [0.15, 0.2) is 0 Å². The quantitative estimate of drug-likeness (QED) is 0.545. The van der Waals surface area contributed by atoms with Gasteiger partial charge in [0.25, 0.3) is 0 Å². The zero-order chi connectivity index (χ0) is 7.56. The molecule has 0 saturated carbocycles. The Labute approximate surface area is 57.7 Å². The zero-order valence-electron chi connectivity index (χ0n) is 5.24. The fourth-order valence-corrected chi connectivity index (χ4v) is 0.671. The zero-order valence-corrected chi connectivity index (χ0v) is 5.24. The molecule has 4 heteroatoms. The Kier molecular flexibility index (Phi) is 1.73. The third kappa shape index (κ3) is 1.16. The molecule has 0 aliphatic heterocycles. The number of nitrogens with one attached hydrogen (secondary N) is 1. The Bertz CT molecular complexity index is 218. The van der Waals surface area contributed by atoms with Crippen LogP contribution in [-0.2, 0) is 4.79 Å². The molecule has 1 aromatic rings. The number of rotatable bonds is 2. The van der Waals surface area contributed by atoms with E-state index in [-0.39, 0.29) is 0 Å². The molecule has 10 heavy (non-hydrogen) atoms. The maximum atomic E-state index is 10.3. The molecule has 4 nitrogen and oxygen atoms in total. The van der Waals surface area contributed by atoms with Crippen molar-refractivity contribution in [3.63, 3.8) is 0 Å². The van der Waals surface area contributed by atoms with Gasteiger partial charge in [0.05, 0.1) is 0 Å². The third-order valence-electron chi connectivity index (χ3n) is 1.22. The number of aromatic amines is 1. The summed E-state index contributed by atoms with van der Waals surface area (Å²) in [4.78, 5) is 13.0. The highest BCUT2D eigenvalue weighted by molar-refractivity contribution is 5.74.